The zero-order valence-electron chi connectivity index (χ0n) is 9.58. The predicted molar refractivity (Wildman–Crippen MR) is 59.5 cm³/mol. The highest BCUT2D eigenvalue weighted by Gasteiger charge is 2.16. The topological polar surface area (TPSA) is 99.0 Å². The second-order valence-electron chi connectivity index (χ2n) is 3.71. The molecule has 2 aromatic rings. The summed E-state index contributed by atoms with van der Waals surface area (Å²) in [5.41, 5.74) is 6.86. The van der Waals surface area contributed by atoms with E-state index in [1.807, 2.05) is 0 Å². The van der Waals surface area contributed by atoms with Crippen molar-refractivity contribution in [3.63, 3.8) is 0 Å². The average Bonchev–Trinajstić information content (AvgIpc) is 2.82. The molecule has 0 aliphatic rings. The van der Waals surface area contributed by atoms with E-state index in [-0.39, 0.29) is 6.61 Å². The Morgan fingerprint density at radius 2 is 2.29 bits per heavy atom. The molecular formula is C10H13N5O2. The number of nitrogens with two attached hydrogens (primary N) is 1. The van der Waals surface area contributed by atoms with Gasteiger partial charge in [-0.25, -0.2) is 4.68 Å². The van der Waals surface area contributed by atoms with Crippen LogP contribution in [0.3, 0.4) is 0 Å². The van der Waals surface area contributed by atoms with Gasteiger partial charge in [-0.15, -0.1) is 0 Å². The number of aliphatic hydroxyl groups excluding tert-OH is 1. The van der Waals surface area contributed by atoms with E-state index in [1.54, 1.807) is 18.7 Å². The molecule has 2 heterocycles. The molecule has 0 aliphatic carbocycles. The number of carbonyl (C=O) groups excluding carboxylic acids is 1. The van der Waals surface area contributed by atoms with Crippen LogP contribution in [0.5, 0.6) is 0 Å². The van der Waals surface area contributed by atoms with Crippen LogP contribution in [0.25, 0.3) is 5.82 Å². The Morgan fingerprint density at radius 3 is 2.82 bits per heavy atom. The Hall–Kier alpha value is -2.15. The van der Waals surface area contributed by atoms with Crippen molar-refractivity contribution in [3.8, 4) is 5.82 Å². The van der Waals surface area contributed by atoms with Gasteiger partial charge in [-0.2, -0.15) is 10.2 Å². The predicted octanol–water partition coefficient (Wildman–Crippen LogP) is -0.495. The summed E-state index contributed by atoms with van der Waals surface area (Å²) in [6.07, 6.45) is 2.89. The van der Waals surface area contributed by atoms with Gasteiger partial charge in [-0.05, 0) is 6.92 Å². The minimum atomic E-state index is -0.541. The van der Waals surface area contributed by atoms with Crippen LogP contribution < -0.4 is 5.73 Å². The van der Waals surface area contributed by atoms with Crippen LogP contribution in [0, 0.1) is 6.92 Å². The first-order chi connectivity index (χ1) is 8.04. The maximum absolute atomic E-state index is 11.0. The van der Waals surface area contributed by atoms with Gasteiger partial charge in [0.2, 0.25) is 0 Å². The maximum atomic E-state index is 11.0. The lowest BCUT2D eigenvalue weighted by Crippen LogP contribution is -2.10. The first kappa shape index (κ1) is 11.3. The van der Waals surface area contributed by atoms with Crippen molar-refractivity contribution in [3.05, 3.63) is 29.2 Å². The highest BCUT2D eigenvalue weighted by molar-refractivity contribution is 5.92. The molecule has 7 heteroatoms. The van der Waals surface area contributed by atoms with Gasteiger partial charge in [0.25, 0.3) is 5.91 Å². The maximum Gasteiger partial charge on any atom is 0.251 e. The van der Waals surface area contributed by atoms with E-state index in [0.717, 1.165) is 5.69 Å². The van der Waals surface area contributed by atoms with E-state index in [9.17, 15) is 9.90 Å². The molecule has 0 aromatic carbocycles. The zero-order chi connectivity index (χ0) is 12.6. The molecule has 2 aromatic heterocycles. The SMILES string of the molecule is Cc1nn(C)c(-n2cc(C(N)=O)cn2)c1CO. The van der Waals surface area contributed by atoms with Crippen molar-refractivity contribution >= 4 is 5.91 Å². The number of carbonyl (C=O) groups is 1. The Balaban J connectivity index is 2.55. The highest BCUT2D eigenvalue weighted by Crippen LogP contribution is 2.17. The Morgan fingerprint density at radius 1 is 1.59 bits per heavy atom. The fraction of sp³-hybridized carbons (Fsp3) is 0.300. The second-order valence-corrected chi connectivity index (χ2v) is 3.71. The number of hydrogen-bond acceptors (Lipinski definition) is 4. The van der Waals surface area contributed by atoms with Gasteiger partial charge in [-0.1, -0.05) is 0 Å². The molecule has 3 N–H and O–H groups in total. The Bertz CT molecular complexity index is 569. The standard InChI is InChI=1S/C10H13N5O2/c1-6-8(5-16)10(14(2)13-6)15-4-7(3-12-15)9(11)17/h3-4,16H,5H2,1-2H3,(H2,11,17). The Kier molecular flexibility index (Phi) is 2.68. The number of rotatable bonds is 3. The molecule has 2 rings (SSSR count). The largest absolute Gasteiger partial charge is 0.391 e. The third-order valence-corrected chi connectivity index (χ3v) is 2.56. The first-order valence-corrected chi connectivity index (χ1v) is 5.02. The van der Waals surface area contributed by atoms with Crippen molar-refractivity contribution in [1.82, 2.24) is 19.6 Å². The molecule has 1 amide bonds. The molecule has 7 nitrogen and oxygen atoms in total. The first-order valence-electron chi connectivity index (χ1n) is 5.02. The van der Waals surface area contributed by atoms with E-state index < -0.39 is 5.91 Å². The van der Waals surface area contributed by atoms with Gasteiger partial charge < -0.3 is 10.8 Å². The van der Waals surface area contributed by atoms with E-state index >= 15 is 0 Å². The molecule has 0 unspecified atom stereocenters. The number of nitrogens with zero attached hydrogens (tertiary/aromatic N) is 4. The zero-order valence-corrected chi connectivity index (χ0v) is 9.58. The molecule has 0 saturated heterocycles. The second kappa shape index (κ2) is 4.02. The lowest BCUT2D eigenvalue weighted by molar-refractivity contribution is 0.100. The van der Waals surface area contributed by atoms with Gasteiger partial charge in [0.1, 0.15) is 0 Å². The van der Waals surface area contributed by atoms with Crippen LogP contribution in [0.4, 0.5) is 0 Å². The van der Waals surface area contributed by atoms with Gasteiger partial charge >= 0.3 is 0 Å². The normalized spacial score (nSPS) is 10.8. The van der Waals surface area contributed by atoms with Crippen LogP contribution >= 0.6 is 0 Å². The van der Waals surface area contributed by atoms with Crippen molar-refractivity contribution in [2.24, 2.45) is 12.8 Å². The number of aliphatic hydroxyl groups is 1. The van der Waals surface area contributed by atoms with Crippen LogP contribution in [0.1, 0.15) is 21.6 Å². The number of aromatic nitrogens is 4. The van der Waals surface area contributed by atoms with Crippen LogP contribution in [0.15, 0.2) is 12.4 Å². The number of amides is 1. The van der Waals surface area contributed by atoms with Crippen molar-refractivity contribution in [2.75, 3.05) is 0 Å². The monoisotopic (exact) mass is 235 g/mol. The number of hydrogen-bond donors (Lipinski definition) is 2. The van der Waals surface area contributed by atoms with E-state index in [1.165, 1.54) is 17.1 Å². The molecule has 0 bridgehead atoms. The fourth-order valence-corrected chi connectivity index (χ4v) is 1.73. The van der Waals surface area contributed by atoms with E-state index in [0.29, 0.717) is 16.9 Å². The molecule has 17 heavy (non-hydrogen) atoms. The Labute approximate surface area is 97.5 Å². The molecule has 0 fully saturated rings. The summed E-state index contributed by atoms with van der Waals surface area (Å²) in [7, 11) is 1.74. The summed E-state index contributed by atoms with van der Waals surface area (Å²) in [6, 6.07) is 0. The minimum Gasteiger partial charge on any atom is -0.391 e. The lowest BCUT2D eigenvalue weighted by atomic mass is 10.2. The summed E-state index contributed by atoms with van der Waals surface area (Å²) in [6.45, 7) is 1.66. The lowest BCUT2D eigenvalue weighted by Gasteiger charge is -2.03. The van der Waals surface area contributed by atoms with Gasteiger partial charge in [-0.3, -0.25) is 9.48 Å². The molecule has 0 atom stereocenters. The quantitative estimate of drug-likeness (QED) is 0.749. The highest BCUT2D eigenvalue weighted by atomic mass is 16.3. The smallest absolute Gasteiger partial charge is 0.251 e. The molecule has 90 valence electrons. The third-order valence-electron chi connectivity index (χ3n) is 2.56. The molecule has 0 radical (unpaired) electrons. The van der Waals surface area contributed by atoms with Crippen molar-refractivity contribution in [2.45, 2.75) is 13.5 Å². The summed E-state index contributed by atoms with van der Waals surface area (Å²) in [4.78, 5) is 11.0. The fourth-order valence-electron chi connectivity index (χ4n) is 1.73. The average molecular weight is 235 g/mol. The van der Waals surface area contributed by atoms with Gasteiger partial charge in [0.15, 0.2) is 5.82 Å². The summed E-state index contributed by atoms with van der Waals surface area (Å²) in [5.74, 6) is 0.0817. The van der Waals surface area contributed by atoms with Crippen LogP contribution in [0.2, 0.25) is 0 Å². The summed E-state index contributed by atoms with van der Waals surface area (Å²) < 4.78 is 3.07. The number of primary amides is 1. The van der Waals surface area contributed by atoms with E-state index in [4.69, 9.17) is 5.73 Å². The summed E-state index contributed by atoms with van der Waals surface area (Å²) >= 11 is 0. The molecule has 0 aliphatic heterocycles. The number of aryl methyl sites for hydroxylation is 2. The van der Waals surface area contributed by atoms with Gasteiger partial charge in [0.05, 0.1) is 24.1 Å². The molecule has 0 saturated carbocycles. The third kappa shape index (κ3) is 1.80. The van der Waals surface area contributed by atoms with Gasteiger partial charge in [0, 0.05) is 18.8 Å². The van der Waals surface area contributed by atoms with Crippen LogP contribution in [-0.2, 0) is 13.7 Å². The molecular weight excluding hydrogens is 222 g/mol. The van der Waals surface area contributed by atoms with E-state index in [2.05, 4.69) is 10.2 Å². The van der Waals surface area contributed by atoms with Crippen molar-refractivity contribution < 1.29 is 9.90 Å². The minimum absolute atomic E-state index is 0.138. The summed E-state index contributed by atoms with van der Waals surface area (Å²) in [5, 5.41) is 17.5. The van der Waals surface area contributed by atoms with Crippen molar-refractivity contribution in [1.29, 1.82) is 0 Å². The molecule has 0 spiro atoms. The van der Waals surface area contributed by atoms with Crippen LogP contribution in [-0.4, -0.2) is 30.6 Å².